The molecule has 0 spiro atoms. The smallest absolute Gasteiger partial charge is 0.270 e. The molecule has 8 heteroatoms. The lowest BCUT2D eigenvalue weighted by Gasteiger charge is -2.17. The number of amides is 1. The van der Waals surface area contributed by atoms with Crippen molar-refractivity contribution in [2.24, 2.45) is 0 Å². The van der Waals surface area contributed by atoms with Crippen molar-refractivity contribution < 1.29 is 18.7 Å². The minimum atomic E-state index is -0.872. The van der Waals surface area contributed by atoms with Crippen LogP contribution in [0, 0.1) is 12.7 Å². The molecule has 0 aliphatic heterocycles. The maximum absolute atomic E-state index is 13.6. The van der Waals surface area contributed by atoms with E-state index in [-0.39, 0.29) is 5.69 Å². The third-order valence-electron chi connectivity index (χ3n) is 3.25. The number of rotatable bonds is 5. The molecule has 2 N–H and O–H groups in total. The summed E-state index contributed by atoms with van der Waals surface area (Å²) in [5, 5.41) is 2.66. The molecule has 1 heterocycles. The number of hydrogen-bond acceptors (Lipinski definition) is 4. The monoisotopic (exact) mass is 323 g/mol. The molecular formula is C15H15F2N3O3. The fourth-order valence-corrected chi connectivity index (χ4v) is 2.15. The third-order valence-corrected chi connectivity index (χ3v) is 3.25. The molecule has 23 heavy (non-hydrogen) atoms. The molecule has 1 atom stereocenters. The Morgan fingerprint density at radius 1 is 1.43 bits per heavy atom. The van der Waals surface area contributed by atoms with Crippen LogP contribution < -0.4 is 15.8 Å². The van der Waals surface area contributed by atoms with Crippen molar-refractivity contribution in [3.05, 3.63) is 57.5 Å². The van der Waals surface area contributed by atoms with Gasteiger partial charge in [0.25, 0.3) is 11.5 Å². The molecule has 0 unspecified atom stereocenters. The second-order valence-corrected chi connectivity index (χ2v) is 4.92. The molecule has 0 saturated carbocycles. The van der Waals surface area contributed by atoms with Gasteiger partial charge in [-0.15, -0.1) is 0 Å². The third kappa shape index (κ3) is 3.91. The van der Waals surface area contributed by atoms with Gasteiger partial charge in [-0.05, 0) is 31.0 Å². The highest BCUT2D eigenvalue weighted by Crippen LogP contribution is 2.24. The van der Waals surface area contributed by atoms with Crippen LogP contribution in [-0.4, -0.2) is 15.9 Å². The van der Waals surface area contributed by atoms with Gasteiger partial charge in [0.2, 0.25) is 5.75 Å². The normalized spacial score (nSPS) is 11.8. The number of carbonyl (C=O) groups excluding carboxylic acids is 1. The maximum Gasteiger partial charge on any atom is 0.270 e. The Balaban J connectivity index is 2.23. The number of nitrogens with one attached hydrogen (secondary N) is 2. The van der Waals surface area contributed by atoms with E-state index in [2.05, 4.69) is 20.2 Å². The van der Waals surface area contributed by atoms with Gasteiger partial charge in [0.05, 0.1) is 6.04 Å². The van der Waals surface area contributed by atoms with Gasteiger partial charge >= 0.3 is 0 Å². The van der Waals surface area contributed by atoms with Crippen molar-refractivity contribution in [3.8, 4) is 5.75 Å². The van der Waals surface area contributed by atoms with E-state index in [1.165, 1.54) is 6.07 Å². The van der Waals surface area contributed by atoms with Crippen molar-refractivity contribution in [1.82, 2.24) is 15.3 Å². The summed E-state index contributed by atoms with van der Waals surface area (Å²) in [6.45, 7) is 3.35. The van der Waals surface area contributed by atoms with E-state index in [0.29, 0.717) is 17.8 Å². The fourth-order valence-electron chi connectivity index (χ4n) is 2.15. The molecule has 0 aliphatic carbocycles. The molecule has 2 rings (SSSR count). The Morgan fingerprint density at radius 2 is 2.17 bits per heavy atom. The van der Waals surface area contributed by atoms with E-state index in [9.17, 15) is 18.5 Å². The van der Waals surface area contributed by atoms with Crippen LogP contribution in [0.2, 0.25) is 0 Å². The lowest BCUT2D eigenvalue weighted by atomic mass is 10.0. The fraction of sp³-hybridized carbons (Fsp3) is 0.267. The first kappa shape index (κ1) is 16.6. The summed E-state index contributed by atoms with van der Waals surface area (Å²) < 4.78 is 25.6. The van der Waals surface area contributed by atoms with Gasteiger partial charge in [0, 0.05) is 10.6 Å². The minimum absolute atomic E-state index is 0.0334. The van der Waals surface area contributed by atoms with E-state index in [1.54, 1.807) is 13.8 Å². The molecule has 0 aliphatic rings. The number of nitrogens with zero attached hydrogens (tertiary/aromatic N) is 1. The first-order valence-electron chi connectivity index (χ1n) is 6.91. The first-order valence-corrected chi connectivity index (χ1v) is 6.91. The Hall–Kier alpha value is -2.77. The van der Waals surface area contributed by atoms with Crippen molar-refractivity contribution in [2.45, 2.75) is 26.3 Å². The standard InChI is InChI=1S/C15H15F2N3O3/c1-3-11(9-4-5-13(23-17)10(16)6-9)20-15(22)12-7-14(21)19-8(2)18-12/h4-7,11H,3H2,1-2H3,(H,20,22)(H,18,19,21)/t11-/m1/s1. The molecule has 6 nitrogen and oxygen atoms in total. The highest BCUT2D eigenvalue weighted by atomic mass is 19.3. The van der Waals surface area contributed by atoms with Crippen LogP contribution in [0.4, 0.5) is 8.92 Å². The van der Waals surface area contributed by atoms with Crippen LogP contribution >= 0.6 is 0 Å². The van der Waals surface area contributed by atoms with Crippen LogP contribution in [0.1, 0.15) is 41.3 Å². The number of benzene rings is 1. The van der Waals surface area contributed by atoms with Gasteiger partial charge in [-0.2, -0.15) is 0 Å². The number of aromatic amines is 1. The van der Waals surface area contributed by atoms with Crippen LogP contribution in [0.15, 0.2) is 29.1 Å². The van der Waals surface area contributed by atoms with Gasteiger partial charge in [-0.3, -0.25) is 14.5 Å². The molecule has 0 saturated heterocycles. The molecular weight excluding hydrogens is 308 g/mol. The summed E-state index contributed by atoms with van der Waals surface area (Å²) in [7, 11) is 0. The second-order valence-electron chi connectivity index (χ2n) is 4.92. The lowest BCUT2D eigenvalue weighted by molar-refractivity contribution is -0.0107. The Labute approximate surface area is 130 Å². The largest absolute Gasteiger partial charge is 0.344 e. The molecule has 1 amide bonds. The topological polar surface area (TPSA) is 84.1 Å². The Bertz CT molecular complexity index is 777. The molecule has 0 radical (unpaired) electrons. The van der Waals surface area contributed by atoms with Gasteiger partial charge in [-0.25, -0.2) is 9.37 Å². The summed E-state index contributed by atoms with van der Waals surface area (Å²) in [4.78, 5) is 33.3. The van der Waals surface area contributed by atoms with Gasteiger partial charge in [0.15, 0.2) is 5.82 Å². The summed E-state index contributed by atoms with van der Waals surface area (Å²) in [6, 6.07) is 4.22. The number of halogens is 2. The first-order chi connectivity index (χ1) is 10.9. The number of carbonyl (C=O) groups is 1. The highest BCUT2D eigenvalue weighted by Gasteiger charge is 2.17. The van der Waals surface area contributed by atoms with Crippen LogP contribution in [0.25, 0.3) is 0 Å². The van der Waals surface area contributed by atoms with E-state index in [1.807, 2.05) is 0 Å². The van der Waals surface area contributed by atoms with Crippen LogP contribution in [-0.2, 0) is 0 Å². The Morgan fingerprint density at radius 3 is 2.74 bits per heavy atom. The lowest BCUT2D eigenvalue weighted by Crippen LogP contribution is -2.30. The zero-order chi connectivity index (χ0) is 17.0. The summed E-state index contributed by atoms with van der Waals surface area (Å²) in [6.07, 6.45) is 0.461. The van der Waals surface area contributed by atoms with E-state index in [0.717, 1.165) is 18.2 Å². The van der Waals surface area contributed by atoms with Crippen LogP contribution in [0.5, 0.6) is 5.75 Å². The average Bonchev–Trinajstić information content (AvgIpc) is 2.51. The summed E-state index contributed by atoms with van der Waals surface area (Å²) in [5.41, 5.74) is -0.0270. The van der Waals surface area contributed by atoms with Crippen molar-refractivity contribution >= 4 is 5.91 Å². The zero-order valence-corrected chi connectivity index (χ0v) is 12.5. The quantitative estimate of drug-likeness (QED) is 0.885. The van der Waals surface area contributed by atoms with E-state index in [4.69, 9.17) is 0 Å². The van der Waals surface area contributed by atoms with E-state index < -0.39 is 29.1 Å². The predicted octanol–water partition coefficient (Wildman–Crippen LogP) is 2.36. The molecule has 0 fully saturated rings. The predicted molar refractivity (Wildman–Crippen MR) is 78.2 cm³/mol. The minimum Gasteiger partial charge on any atom is -0.344 e. The maximum atomic E-state index is 13.6. The van der Waals surface area contributed by atoms with Crippen molar-refractivity contribution in [3.63, 3.8) is 0 Å². The molecule has 2 aromatic rings. The van der Waals surface area contributed by atoms with Gasteiger partial charge in [0.1, 0.15) is 11.5 Å². The van der Waals surface area contributed by atoms with Gasteiger partial charge in [-0.1, -0.05) is 13.0 Å². The molecule has 122 valence electrons. The van der Waals surface area contributed by atoms with E-state index >= 15 is 0 Å². The average molecular weight is 323 g/mol. The highest BCUT2D eigenvalue weighted by molar-refractivity contribution is 5.92. The number of hydrogen-bond donors (Lipinski definition) is 2. The SMILES string of the molecule is CC[C@@H](NC(=O)c1cc(=O)[nH]c(C)n1)c1ccc(OF)c(F)c1. The van der Waals surface area contributed by atoms with Crippen molar-refractivity contribution in [1.29, 1.82) is 0 Å². The number of H-pyrrole nitrogens is 1. The second kappa shape index (κ2) is 6.99. The van der Waals surface area contributed by atoms with Gasteiger partial charge < -0.3 is 10.3 Å². The molecule has 1 aromatic heterocycles. The summed E-state index contributed by atoms with van der Waals surface area (Å²) in [5.74, 6) is -1.65. The molecule has 1 aromatic carbocycles. The van der Waals surface area contributed by atoms with Crippen LogP contribution in [0.3, 0.4) is 0 Å². The Kier molecular flexibility index (Phi) is 5.05. The zero-order valence-electron chi connectivity index (χ0n) is 12.5. The summed E-state index contributed by atoms with van der Waals surface area (Å²) >= 11 is 0. The van der Waals surface area contributed by atoms with Crippen molar-refractivity contribution in [2.75, 3.05) is 0 Å². The molecule has 0 bridgehead atoms. The number of aryl methyl sites for hydroxylation is 1. The number of aromatic nitrogens is 2.